The number of carboxylic acid groups (broad SMARTS) is 1. The molecule has 0 aliphatic carbocycles. The summed E-state index contributed by atoms with van der Waals surface area (Å²) in [6.07, 6.45) is 0.377. The lowest BCUT2D eigenvalue weighted by molar-refractivity contribution is -0.152. The van der Waals surface area contributed by atoms with Crippen LogP contribution in [0.15, 0.2) is 24.3 Å². The molecule has 1 aliphatic rings. The van der Waals surface area contributed by atoms with E-state index in [9.17, 15) is 19.1 Å². The zero-order chi connectivity index (χ0) is 15.4. The van der Waals surface area contributed by atoms with Gasteiger partial charge in [0.2, 0.25) is 5.91 Å². The molecular formula is C15H18FNO4. The van der Waals surface area contributed by atoms with Gasteiger partial charge in [-0.3, -0.25) is 9.59 Å². The number of benzene rings is 1. The Kier molecular flexibility index (Phi) is 4.90. The van der Waals surface area contributed by atoms with Crippen LogP contribution in [0.2, 0.25) is 0 Å². The third-order valence-corrected chi connectivity index (χ3v) is 3.78. The number of ether oxygens (including phenoxy) is 1. The number of hydrogen-bond donors (Lipinski definition) is 1. The van der Waals surface area contributed by atoms with Crippen LogP contribution < -0.4 is 0 Å². The number of hydrogen-bond acceptors (Lipinski definition) is 3. The Morgan fingerprint density at radius 3 is 2.81 bits per heavy atom. The summed E-state index contributed by atoms with van der Waals surface area (Å²) in [7, 11) is 1.50. The van der Waals surface area contributed by atoms with Gasteiger partial charge in [-0.2, -0.15) is 0 Å². The minimum Gasteiger partial charge on any atom is -0.481 e. The highest BCUT2D eigenvalue weighted by Crippen LogP contribution is 2.37. The Bertz CT molecular complexity index is 534. The van der Waals surface area contributed by atoms with Gasteiger partial charge < -0.3 is 14.7 Å². The number of amides is 1. The SMILES string of the molecule is COCCN1C(=O)CC[C@H](C(=O)O)[C@H]1c1ccccc1F. The van der Waals surface area contributed by atoms with Crippen LogP contribution in [0.4, 0.5) is 4.39 Å². The lowest BCUT2D eigenvalue weighted by atomic mass is 9.84. The monoisotopic (exact) mass is 295 g/mol. The molecule has 1 amide bonds. The smallest absolute Gasteiger partial charge is 0.308 e. The molecule has 21 heavy (non-hydrogen) atoms. The molecule has 1 fully saturated rings. The van der Waals surface area contributed by atoms with E-state index in [1.54, 1.807) is 12.1 Å². The lowest BCUT2D eigenvalue weighted by Crippen LogP contribution is -2.46. The number of halogens is 1. The first-order valence-electron chi connectivity index (χ1n) is 6.82. The quantitative estimate of drug-likeness (QED) is 0.900. The third-order valence-electron chi connectivity index (χ3n) is 3.78. The van der Waals surface area contributed by atoms with Gasteiger partial charge in [-0.05, 0) is 12.5 Å². The number of aliphatic carboxylic acids is 1. The van der Waals surface area contributed by atoms with Gasteiger partial charge in [0.1, 0.15) is 5.82 Å². The summed E-state index contributed by atoms with van der Waals surface area (Å²) in [5, 5.41) is 9.40. The molecule has 5 nitrogen and oxygen atoms in total. The number of carbonyl (C=O) groups excluding carboxylic acids is 1. The number of nitrogens with zero attached hydrogens (tertiary/aromatic N) is 1. The normalized spacial score (nSPS) is 22.4. The van der Waals surface area contributed by atoms with E-state index >= 15 is 0 Å². The molecule has 0 aromatic heterocycles. The van der Waals surface area contributed by atoms with E-state index in [1.807, 2.05) is 0 Å². The van der Waals surface area contributed by atoms with Crippen LogP contribution in [0.3, 0.4) is 0 Å². The molecular weight excluding hydrogens is 277 g/mol. The minimum atomic E-state index is -1.02. The van der Waals surface area contributed by atoms with Gasteiger partial charge in [0, 0.05) is 25.6 Å². The zero-order valence-corrected chi connectivity index (χ0v) is 11.8. The van der Waals surface area contributed by atoms with Crippen molar-refractivity contribution < 1.29 is 23.8 Å². The zero-order valence-electron chi connectivity index (χ0n) is 11.8. The van der Waals surface area contributed by atoms with Crippen molar-refractivity contribution in [1.82, 2.24) is 4.90 Å². The molecule has 0 radical (unpaired) electrons. The van der Waals surface area contributed by atoms with Crippen LogP contribution in [-0.4, -0.2) is 42.1 Å². The summed E-state index contributed by atoms with van der Waals surface area (Å²) in [6, 6.07) is 5.21. The first kappa shape index (κ1) is 15.4. The fourth-order valence-corrected chi connectivity index (χ4v) is 2.76. The molecule has 1 N–H and O–H groups in total. The number of likely N-dealkylation sites (tertiary alicyclic amines) is 1. The molecule has 2 rings (SSSR count). The Hall–Kier alpha value is -1.95. The molecule has 1 saturated heterocycles. The standard InChI is InChI=1S/C15H18FNO4/c1-21-9-8-17-13(18)7-6-11(15(19)20)14(17)10-4-2-3-5-12(10)16/h2-5,11,14H,6-9H2,1H3,(H,19,20)/t11-,14+/m0/s1. The van der Waals surface area contributed by atoms with E-state index in [2.05, 4.69) is 0 Å². The molecule has 114 valence electrons. The maximum absolute atomic E-state index is 14.1. The van der Waals surface area contributed by atoms with Crippen molar-refractivity contribution in [1.29, 1.82) is 0 Å². The second kappa shape index (κ2) is 6.67. The summed E-state index contributed by atoms with van der Waals surface area (Å²) in [4.78, 5) is 25.0. The van der Waals surface area contributed by atoms with Crippen molar-refractivity contribution in [2.24, 2.45) is 5.92 Å². The summed E-state index contributed by atoms with van der Waals surface area (Å²) in [6.45, 7) is 0.529. The second-order valence-corrected chi connectivity index (χ2v) is 5.03. The van der Waals surface area contributed by atoms with E-state index in [1.165, 1.54) is 24.1 Å². The highest BCUT2D eigenvalue weighted by Gasteiger charge is 2.41. The van der Waals surface area contributed by atoms with Crippen LogP contribution in [0, 0.1) is 11.7 Å². The largest absolute Gasteiger partial charge is 0.481 e. The average molecular weight is 295 g/mol. The van der Waals surface area contributed by atoms with Crippen molar-refractivity contribution in [3.05, 3.63) is 35.6 Å². The topological polar surface area (TPSA) is 66.8 Å². The molecule has 0 saturated carbocycles. The van der Waals surface area contributed by atoms with Crippen LogP contribution in [0.1, 0.15) is 24.4 Å². The number of carboxylic acids is 1. The Morgan fingerprint density at radius 1 is 1.48 bits per heavy atom. The van der Waals surface area contributed by atoms with Crippen molar-refractivity contribution in [3.63, 3.8) is 0 Å². The van der Waals surface area contributed by atoms with Gasteiger partial charge in [0.25, 0.3) is 0 Å². The molecule has 1 aromatic carbocycles. The maximum atomic E-state index is 14.1. The summed E-state index contributed by atoms with van der Waals surface area (Å²) >= 11 is 0. The van der Waals surface area contributed by atoms with Crippen LogP contribution in [0.25, 0.3) is 0 Å². The molecule has 1 heterocycles. The summed E-state index contributed by atoms with van der Waals surface area (Å²) in [5.41, 5.74) is 0.244. The molecule has 1 aliphatic heterocycles. The van der Waals surface area contributed by atoms with Crippen molar-refractivity contribution in [3.8, 4) is 0 Å². The lowest BCUT2D eigenvalue weighted by Gasteiger charge is -2.39. The third kappa shape index (κ3) is 3.21. The average Bonchev–Trinajstić information content (AvgIpc) is 2.46. The maximum Gasteiger partial charge on any atom is 0.308 e. The molecule has 0 spiro atoms. The summed E-state index contributed by atoms with van der Waals surface area (Å²) in [5.74, 6) is -2.49. The predicted molar refractivity (Wildman–Crippen MR) is 73.1 cm³/mol. The van der Waals surface area contributed by atoms with Crippen LogP contribution >= 0.6 is 0 Å². The van der Waals surface area contributed by atoms with E-state index in [0.29, 0.717) is 0 Å². The molecule has 2 atom stereocenters. The van der Waals surface area contributed by atoms with Gasteiger partial charge in [-0.1, -0.05) is 18.2 Å². The molecule has 0 unspecified atom stereocenters. The molecule has 1 aromatic rings. The number of rotatable bonds is 5. The molecule has 0 bridgehead atoms. The highest BCUT2D eigenvalue weighted by molar-refractivity contribution is 5.81. The van der Waals surface area contributed by atoms with Gasteiger partial charge >= 0.3 is 5.97 Å². The Balaban J connectivity index is 2.41. The Labute approximate surface area is 122 Å². The predicted octanol–water partition coefficient (Wildman–Crippen LogP) is 1.84. The van der Waals surface area contributed by atoms with Crippen molar-refractivity contribution in [2.75, 3.05) is 20.3 Å². The first-order chi connectivity index (χ1) is 10.1. The van der Waals surface area contributed by atoms with E-state index < -0.39 is 23.7 Å². The van der Waals surface area contributed by atoms with Crippen molar-refractivity contribution >= 4 is 11.9 Å². The second-order valence-electron chi connectivity index (χ2n) is 5.03. The number of methoxy groups -OCH3 is 1. The van der Waals surface area contributed by atoms with E-state index in [0.717, 1.165) is 0 Å². The molecule has 6 heteroatoms. The minimum absolute atomic E-state index is 0.158. The highest BCUT2D eigenvalue weighted by atomic mass is 19.1. The number of piperidine rings is 1. The summed E-state index contributed by atoms with van der Waals surface area (Å²) < 4.78 is 19.0. The van der Waals surface area contributed by atoms with Gasteiger partial charge in [-0.15, -0.1) is 0 Å². The van der Waals surface area contributed by atoms with Gasteiger partial charge in [-0.25, -0.2) is 4.39 Å². The van der Waals surface area contributed by atoms with Gasteiger partial charge in [0.05, 0.1) is 18.6 Å². The Morgan fingerprint density at radius 2 is 2.19 bits per heavy atom. The van der Waals surface area contributed by atoms with Crippen molar-refractivity contribution in [2.45, 2.75) is 18.9 Å². The van der Waals surface area contributed by atoms with Crippen LogP contribution in [0.5, 0.6) is 0 Å². The fraction of sp³-hybridized carbons (Fsp3) is 0.467. The van der Waals surface area contributed by atoms with Gasteiger partial charge in [0.15, 0.2) is 0 Å². The fourth-order valence-electron chi connectivity index (χ4n) is 2.76. The van der Waals surface area contributed by atoms with E-state index in [-0.39, 0.29) is 37.5 Å². The first-order valence-corrected chi connectivity index (χ1v) is 6.82. The van der Waals surface area contributed by atoms with E-state index in [4.69, 9.17) is 4.74 Å². The van der Waals surface area contributed by atoms with Crippen LogP contribution in [-0.2, 0) is 14.3 Å². The number of carbonyl (C=O) groups is 2.